The summed E-state index contributed by atoms with van der Waals surface area (Å²) in [5.74, 6) is -0.202. The summed E-state index contributed by atoms with van der Waals surface area (Å²) < 4.78 is 0. The lowest BCUT2D eigenvalue weighted by atomic mass is 9.98. The Balaban J connectivity index is 1.71. The SMILES string of the molecule is Cc1ccc(C(=O)Nc2ccccc2)cc1NC(=O)C1CCCNC1. The summed E-state index contributed by atoms with van der Waals surface area (Å²) in [7, 11) is 0. The second-order valence-electron chi connectivity index (χ2n) is 6.38. The smallest absolute Gasteiger partial charge is 0.255 e. The molecule has 1 fully saturated rings. The number of carbonyl (C=O) groups is 2. The average Bonchev–Trinajstić information content (AvgIpc) is 2.65. The summed E-state index contributed by atoms with van der Waals surface area (Å²) in [4.78, 5) is 24.9. The van der Waals surface area contributed by atoms with Crippen LogP contribution in [-0.2, 0) is 4.79 Å². The molecule has 0 bridgehead atoms. The van der Waals surface area contributed by atoms with Crippen molar-refractivity contribution in [2.24, 2.45) is 5.92 Å². The molecule has 1 heterocycles. The molecule has 3 rings (SSSR count). The Kier molecular flexibility index (Phi) is 5.46. The number of hydrogen-bond acceptors (Lipinski definition) is 3. The van der Waals surface area contributed by atoms with Gasteiger partial charge in [-0.3, -0.25) is 9.59 Å². The number of amides is 2. The molecule has 5 heteroatoms. The topological polar surface area (TPSA) is 70.2 Å². The van der Waals surface area contributed by atoms with Gasteiger partial charge in [0.1, 0.15) is 0 Å². The average molecular weight is 337 g/mol. The molecule has 1 atom stereocenters. The van der Waals surface area contributed by atoms with Crippen molar-refractivity contribution in [1.82, 2.24) is 5.32 Å². The van der Waals surface area contributed by atoms with Crippen LogP contribution in [0.2, 0.25) is 0 Å². The van der Waals surface area contributed by atoms with Gasteiger partial charge in [0.25, 0.3) is 5.91 Å². The van der Waals surface area contributed by atoms with E-state index in [0.717, 1.165) is 30.6 Å². The first kappa shape index (κ1) is 17.2. The molecule has 2 amide bonds. The van der Waals surface area contributed by atoms with Gasteiger partial charge in [0.2, 0.25) is 5.91 Å². The van der Waals surface area contributed by atoms with Crippen molar-refractivity contribution in [2.75, 3.05) is 23.7 Å². The molecule has 1 aliphatic rings. The van der Waals surface area contributed by atoms with Crippen LogP contribution in [0.4, 0.5) is 11.4 Å². The molecule has 0 radical (unpaired) electrons. The van der Waals surface area contributed by atoms with E-state index in [9.17, 15) is 9.59 Å². The van der Waals surface area contributed by atoms with Crippen molar-refractivity contribution in [3.63, 3.8) is 0 Å². The highest BCUT2D eigenvalue weighted by molar-refractivity contribution is 6.05. The van der Waals surface area contributed by atoms with Gasteiger partial charge in [0.05, 0.1) is 5.92 Å². The zero-order chi connectivity index (χ0) is 17.6. The van der Waals surface area contributed by atoms with Gasteiger partial charge in [0, 0.05) is 23.5 Å². The number of para-hydroxylation sites is 1. The first-order valence-corrected chi connectivity index (χ1v) is 8.62. The second-order valence-corrected chi connectivity index (χ2v) is 6.38. The number of anilines is 2. The van der Waals surface area contributed by atoms with Gasteiger partial charge in [-0.1, -0.05) is 24.3 Å². The summed E-state index contributed by atoms with van der Waals surface area (Å²) in [5.41, 5.74) is 2.89. The van der Waals surface area contributed by atoms with Crippen LogP contribution >= 0.6 is 0 Å². The summed E-state index contributed by atoms with van der Waals surface area (Å²) in [6.07, 6.45) is 1.91. The maximum absolute atomic E-state index is 12.4. The molecule has 1 saturated heterocycles. The van der Waals surface area contributed by atoms with Gasteiger partial charge in [0.15, 0.2) is 0 Å². The van der Waals surface area contributed by atoms with E-state index in [0.29, 0.717) is 17.8 Å². The third-order valence-electron chi connectivity index (χ3n) is 4.46. The van der Waals surface area contributed by atoms with Crippen molar-refractivity contribution < 1.29 is 9.59 Å². The van der Waals surface area contributed by atoms with Crippen LogP contribution in [0.1, 0.15) is 28.8 Å². The largest absolute Gasteiger partial charge is 0.326 e. The third kappa shape index (κ3) is 4.45. The summed E-state index contributed by atoms with van der Waals surface area (Å²) in [5, 5.41) is 9.09. The highest BCUT2D eigenvalue weighted by Gasteiger charge is 2.21. The van der Waals surface area contributed by atoms with Crippen LogP contribution in [0.15, 0.2) is 48.5 Å². The van der Waals surface area contributed by atoms with Gasteiger partial charge in [-0.15, -0.1) is 0 Å². The Bertz CT molecular complexity index is 753. The fourth-order valence-corrected chi connectivity index (χ4v) is 2.93. The van der Waals surface area contributed by atoms with Crippen LogP contribution in [0.5, 0.6) is 0 Å². The number of aryl methyl sites for hydroxylation is 1. The normalized spacial score (nSPS) is 16.9. The van der Waals surface area contributed by atoms with Gasteiger partial charge in [-0.2, -0.15) is 0 Å². The molecule has 130 valence electrons. The second kappa shape index (κ2) is 7.94. The Hall–Kier alpha value is -2.66. The molecule has 3 N–H and O–H groups in total. The number of nitrogens with one attached hydrogen (secondary N) is 3. The predicted octanol–water partition coefficient (Wildman–Crippen LogP) is 3.19. The van der Waals surface area contributed by atoms with Crippen LogP contribution < -0.4 is 16.0 Å². The molecule has 5 nitrogen and oxygen atoms in total. The van der Waals surface area contributed by atoms with Crippen LogP contribution in [-0.4, -0.2) is 24.9 Å². The minimum absolute atomic E-state index is 0.0101. The van der Waals surface area contributed by atoms with E-state index >= 15 is 0 Å². The number of carbonyl (C=O) groups excluding carboxylic acids is 2. The van der Waals surface area contributed by atoms with E-state index in [1.165, 1.54) is 0 Å². The fraction of sp³-hybridized carbons (Fsp3) is 0.300. The van der Waals surface area contributed by atoms with E-state index in [4.69, 9.17) is 0 Å². The molecule has 1 unspecified atom stereocenters. The van der Waals surface area contributed by atoms with E-state index < -0.39 is 0 Å². The van der Waals surface area contributed by atoms with E-state index in [1.807, 2.05) is 43.3 Å². The van der Waals surface area contributed by atoms with Crippen LogP contribution in [0, 0.1) is 12.8 Å². The molecule has 0 aromatic heterocycles. The Morgan fingerprint density at radius 2 is 1.88 bits per heavy atom. The lowest BCUT2D eigenvalue weighted by molar-refractivity contribution is -0.120. The molecule has 2 aromatic carbocycles. The van der Waals surface area contributed by atoms with Gasteiger partial charge in [-0.25, -0.2) is 0 Å². The van der Waals surface area contributed by atoms with Gasteiger partial charge >= 0.3 is 0 Å². The summed E-state index contributed by atoms with van der Waals surface area (Å²) in [6.45, 7) is 3.60. The lowest BCUT2D eigenvalue weighted by Gasteiger charge is -2.22. The monoisotopic (exact) mass is 337 g/mol. The van der Waals surface area contributed by atoms with Crippen LogP contribution in [0.3, 0.4) is 0 Å². The lowest BCUT2D eigenvalue weighted by Crippen LogP contribution is -2.37. The summed E-state index contributed by atoms with van der Waals surface area (Å²) in [6, 6.07) is 14.7. The first-order valence-electron chi connectivity index (χ1n) is 8.62. The molecule has 0 spiro atoms. The maximum atomic E-state index is 12.4. The highest BCUT2D eigenvalue weighted by atomic mass is 16.2. The zero-order valence-corrected chi connectivity index (χ0v) is 14.3. The van der Waals surface area contributed by atoms with Crippen molar-refractivity contribution in [3.05, 3.63) is 59.7 Å². The van der Waals surface area contributed by atoms with Crippen molar-refractivity contribution in [3.8, 4) is 0 Å². The van der Waals surface area contributed by atoms with Crippen molar-refractivity contribution >= 4 is 23.2 Å². The standard InChI is InChI=1S/C20H23N3O2/c1-14-9-10-15(19(24)22-17-7-3-2-4-8-17)12-18(14)23-20(25)16-6-5-11-21-13-16/h2-4,7-10,12,16,21H,5-6,11,13H2,1H3,(H,22,24)(H,23,25). The fourth-order valence-electron chi connectivity index (χ4n) is 2.93. The molecule has 25 heavy (non-hydrogen) atoms. The van der Waals surface area contributed by atoms with E-state index in [1.54, 1.807) is 12.1 Å². The third-order valence-corrected chi connectivity index (χ3v) is 4.46. The Morgan fingerprint density at radius 3 is 2.60 bits per heavy atom. The summed E-state index contributed by atoms with van der Waals surface area (Å²) >= 11 is 0. The molecule has 1 aliphatic heterocycles. The molecule has 2 aromatic rings. The first-order chi connectivity index (χ1) is 12.1. The Labute approximate surface area is 147 Å². The molecule has 0 aliphatic carbocycles. The molecular formula is C20H23N3O2. The van der Waals surface area contributed by atoms with E-state index in [-0.39, 0.29) is 17.7 Å². The number of rotatable bonds is 4. The zero-order valence-electron chi connectivity index (χ0n) is 14.3. The van der Waals surface area contributed by atoms with Crippen LogP contribution in [0.25, 0.3) is 0 Å². The number of benzene rings is 2. The molecule has 0 saturated carbocycles. The number of piperidine rings is 1. The predicted molar refractivity (Wildman–Crippen MR) is 99.8 cm³/mol. The van der Waals surface area contributed by atoms with Gasteiger partial charge in [-0.05, 0) is 56.1 Å². The minimum Gasteiger partial charge on any atom is -0.326 e. The van der Waals surface area contributed by atoms with Crippen molar-refractivity contribution in [2.45, 2.75) is 19.8 Å². The maximum Gasteiger partial charge on any atom is 0.255 e. The quantitative estimate of drug-likeness (QED) is 0.802. The Morgan fingerprint density at radius 1 is 1.08 bits per heavy atom. The molecular weight excluding hydrogens is 314 g/mol. The van der Waals surface area contributed by atoms with Gasteiger partial charge < -0.3 is 16.0 Å². The van der Waals surface area contributed by atoms with E-state index in [2.05, 4.69) is 16.0 Å². The van der Waals surface area contributed by atoms with Crippen molar-refractivity contribution in [1.29, 1.82) is 0 Å². The number of hydrogen-bond donors (Lipinski definition) is 3. The highest BCUT2D eigenvalue weighted by Crippen LogP contribution is 2.20. The minimum atomic E-state index is -0.193.